The molecule has 0 unspecified atom stereocenters. The van der Waals surface area contributed by atoms with E-state index in [0.29, 0.717) is 11.1 Å². The number of amides is 1. The monoisotopic (exact) mass is 266 g/mol. The number of anilines is 1. The first-order chi connectivity index (χ1) is 9.70. The zero-order chi connectivity index (χ0) is 14.4. The van der Waals surface area contributed by atoms with Crippen molar-refractivity contribution in [2.24, 2.45) is 0 Å². The zero-order valence-electron chi connectivity index (χ0n) is 11.1. The fourth-order valence-electron chi connectivity index (χ4n) is 1.66. The molecule has 0 fully saturated rings. The highest BCUT2D eigenvalue weighted by atomic mass is 16.2. The van der Waals surface area contributed by atoms with E-state index < -0.39 is 0 Å². The van der Waals surface area contributed by atoms with Gasteiger partial charge in [-0.2, -0.15) is 0 Å². The zero-order valence-corrected chi connectivity index (χ0v) is 11.1. The van der Waals surface area contributed by atoms with Crippen LogP contribution in [0, 0.1) is 18.8 Å². The summed E-state index contributed by atoms with van der Waals surface area (Å²) in [6.45, 7) is 1.73. The molecule has 2 rings (SSSR count). The van der Waals surface area contributed by atoms with E-state index in [1.54, 1.807) is 6.07 Å². The summed E-state index contributed by atoms with van der Waals surface area (Å²) in [5.74, 6) is 4.98. The molecule has 0 saturated carbocycles. The second-order valence-corrected chi connectivity index (χ2v) is 4.20. The molecular weight excluding hydrogens is 252 g/mol. The number of carbonyl (C=O) groups is 1. The van der Waals surface area contributed by atoms with Crippen molar-refractivity contribution < 1.29 is 9.90 Å². The number of aliphatic hydroxyl groups excluding tert-OH is 1. The standard InChI is InChI=1S/C16H14N2O2/c1-12-4-6-14(7-5-12)18-16(20)15-8-9-17-11-13(15)3-2-10-19/h4-9,11,19H,10H2,1H3,(H,18,20). The summed E-state index contributed by atoms with van der Waals surface area (Å²) < 4.78 is 0. The molecule has 1 heterocycles. The van der Waals surface area contributed by atoms with Crippen LogP contribution in [0.2, 0.25) is 0 Å². The predicted molar refractivity (Wildman–Crippen MR) is 77.3 cm³/mol. The molecule has 0 bridgehead atoms. The lowest BCUT2D eigenvalue weighted by Crippen LogP contribution is -2.13. The van der Waals surface area contributed by atoms with Crippen LogP contribution in [0.5, 0.6) is 0 Å². The van der Waals surface area contributed by atoms with Crippen molar-refractivity contribution in [3.63, 3.8) is 0 Å². The van der Waals surface area contributed by atoms with Gasteiger partial charge in [0, 0.05) is 18.1 Å². The Morgan fingerprint density at radius 3 is 2.75 bits per heavy atom. The van der Waals surface area contributed by atoms with Gasteiger partial charge in [-0.25, -0.2) is 0 Å². The number of nitrogens with zero attached hydrogens (tertiary/aromatic N) is 1. The van der Waals surface area contributed by atoms with Crippen LogP contribution in [0.4, 0.5) is 5.69 Å². The van der Waals surface area contributed by atoms with Crippen molar-refractivity contribution in [1.29, 1.82) is 0 Å². The molecule has 1 aromatic heterocycles. The van der Waals surface area contributed by atoms with E-state index in [9.17, 15) is 4.79 Å². The van der Waals surface area contributed by atoms with Crippen LogP contribution < -0.4 is 5.32 Å². The van der Waals surface area contributed by atoms with Gasteiger partial charge in [-0.15, -0.1) is 0 Å². The Morgan fingerprint density at radius 2 is 2.05 bits per heavy atom. The van der Waals surface area contributed by atoms with Crippen molar-refractivity contribution in [2.75, 3.05) is 11.9 Å². The molecule has 0 aliphatic rings. The molecule has 1 aromatic carbocycles. The molecular formula is C16H14N2O2. The van der Waals surface area contributed by atoms with Gasteiger partial charge in [-0.05, 0) is 25.1 Å². The maximum absolute atomic E-state index is 12.2. The lowest BCUT2D eigenvalue weighted by molar-refractivity contribution is 0.102. The lowest BCUT2D eigenvalue weighted by Gasteiger charge is -2.07. The Bertz CT molecular complexity index is 667. The molecule has 0 radical (unpaired) electrons. The van der Waals surface area contributed by atoms with E-state index >= 15 is 0 Å². The molecule has 0 atom stereocenters. The van der Waals surface area contributed by atoms with Gasteiger partial charge in [0.1, 0.15) is 6.61 Å². The molecule has 2 N–H and O–H groups in total. The summed E-state index contributed by atoms with van der Waals surface area (Å²) in [5, 5.41) is 11.5. The molecule has 1 amide bonds. The average Bonchev–Trinajstić information content (AvgIpc) is 2.47. The molecule has 0 spiro atoms. The van der Waals surface area contributed by atoms with Crippen LogP contribution in [0.1, 0.15) is 21.5 Å². The Morgan fingerprint density at radius 1 is 1.30 bits per heavy atom. The number of nitrogens with one attached hydrogen (secondary N) is 1. The number of aliphatic hydroxyl groups is 1. The van der Waals surface area contributed by atoms with Gasteiger partial charge in [0.15, 0.2) is 0 Å². The predicted octanol–water partition coefficient (Wildman–Crippen LogP) is 1.99. The summed E-state index contributed by atoms with van der Waals surface area (Å²) in [7, 11) is 0. The van der Waals surface area contributed by atoms with Gasteiger partial charge in [-0.3, -0.25) is 9.78 Å². The highest BCUT2D eigenvalue weighted by molar-refractivity contribution is 6.05. The Labute approximate surface area is 117 Å². The van der Waals surface area contributed by atoms with E-state index in [1.807, 2.05) is 31.2 Å². The molecule has 2 aromatic rings. The van der Waals surface area contributed by atoms with Gasteiger partial charge in [0.25, 0.3) is 5.91 Å². The van der Waals surface area contributed by atoms with Crippen LogP contribution in [0.25, 0.3) is 0 Å². The largest absolute Gasteiger partial charge is 0.384 e. The minimum Gasteiger partial charge on any atom is -0.384 e. The summed E-state index contributed by atoms with van der Waals surface area (Å²) in [6, 6.07) is 9.13. The topological polar surface area (TPSA) is 62.2 Å². The third-order valence-electron chi connectivity index (χ3n) is 2.68. The minimum absolute atomic E-state index is 0.251. The molecule has 0 aliphatic heterocycles. The van der Waals surface area contributed by atoms with Crippen molar-refractivity contribution in [3.05, 3.63) is 59.4 Å². The smallest absolute Gasteiger partial charge is 0.257 e. The van der Waals surface area contributed by atoms with Gasteiger partial charge in [0.05, 0.1) is 11.1 Å². The fraction of sp³-hybridized carbons (Fsp3) is 0.125. The first-order valence-corrected chi connectivity index (χ1v) is 6.12. The maximum atomic E-state index is 12.2. The molecule has 4 heteroatoms. The quantitative estimate of drug-likeness (QED) is 0.817. The van der Waals surface area contributed by atoms with E-state index in [0.717, 1.165) is 11.3 Å². The maximum Gasteiger partial charge on any atom is 0.257 e. The van der Waals surface area contributed by atoms with Crippen LogP contribution in [-0.4, -0.2) is 22.6 Å². The van der Waals surface area contributed by atoms with Gasteiger partial charge in [-0.1, -0.05) is 29.5 Å². The number of hydrogen-bond acceptors (Lipinski definition) is 3. The van der Waals surface area contributed by atoms with Gasteiger partial charge >= 0.3 is 0 Å². The summed E-state index contributed by atoms with van der Waals surface area (Å²) >= 11 is 0. The molecule has 4 nitrogen and oxygen atoms in total. The molecule has 0 aliphatic carbocycles. The van der Waals surface area contributed by atoms with Gasteiger partial charge in [0.2, 0.25) is 0 Å². The summed E-state index contributed by atoms with van der Waals surface area (Å²) in [4.78, 5) is 16.1. The van der Waals surface area contributed by atoms with Crippen molar-refractivity contribution in [2.45, 2.75) is 6.92 Å². The third kappa shape index (κ3) is 3.44. The number of aromatic nitrogens is 1. The van der Waals surface area contributed by atoms with Crippen molar-refractivity contribution in [1.82, 2.24) is 4.98 Å². The number of carbonyl (C=O) groups excluding carboxylic acids is 1. The summed E-state index contributed by atoms with van der Waals surface area (Å²) in [6.07, 6.45) is 3.04. The molecule has 20 heavy (non-hydrogen) atoms. The second-order valence-electron chi connectivity index (χ2n) is 4.20. The number of aryl methyl sites for hydroxylation is 1. The van der Waals surface area contributed by atoms with E-state index in [1.165, 1.54) is 12.4 Å². The lowest BCUT2D eigenvalue weighted by atomic mass is 10.1. The minimum atomic E-state index is -0.256. The number of benzene rings is 1. The normalized spacial score (nSPS) is 9.50. The Balaban J connectivity index is 2.23. The first kappa shape index (κ1) is 13.8. The Kier molecular flexibility index (Phi) is 4.48. The van der Waals surface area contributed by atoms with Crippen LogP contribution >= 0.6 is 0 Å². The van der Waals surface area contributed by atoms with E-state index in [4.69, 9.17) is 5.11 Å². The van der Waals surface area contributed by atoms with E-state index in [2.05, 4.69) is 22.1 Å². The Hall–Kier alpha value is -2.64. The average molecular weight is 266 g/mol. The molecule has 0 saturated heterocycles. The number of pyridine rings is 1. The number of hydrogen-bond donors (Lipinski definition) is 2. The highest BCUT2D eigenvalue weighted by Gasteiger charge is 2.10. The fourth-order valence-corrected chi connectivity index (χ4v) is 1.66. The molecule has 100 valence electrons. The van der Waals surface area contributed by atoms with Gasteiger partial charge < -0.3 is 10.4 Å². The van der Waals surface area contributed by atoms with Crippen molar-refractivity contribution >= 4 is 11.6 Å². The highest BCUT2D eigenvalue weighted by Crippen LogP contribution is 2.12. The third-order valence-corrected chi connectivity index (χ3v) is 2.68. The van der Waals surface area contributed by atoms with Crippen LogP contribution in [0.3, 0.4) is 0 Å². The van der Waals surface area contributed by atoms with Crippen molar-refractivity contribution in [3.8, 4) is 11.8 Å². The van der Waals surface area contributed by atoms with E-state index in [-0.39, 0.29) is 12.5 Å². The number of rotatable bonds is 2. The second kappa shape index (κ2) is 6.50. The summed E-state index contributed by atoms with van der Waals surface area (Å²) in [5.41, 5.74) is 2.77. The van der Waals surface area contributed by atoms with Crippen LogP contribution in [0.15, 0.2) is 42.7 Å². The van der Waals surface area contributed by atoms with Crippen LogP contribution in [-0.2, 0) is 0 Å². The SMILES string of the molecule is Cc1ccc(NC(=O)c2ccncc2C#CCO)cc1. The first-order valence-electron chi connectivity index (χ1n) is 6.12.